The first kappa shape index (κ1) is 15.3. The number of fused-ring (bicyclic) bond motifs is 1. The highest BCUT2D eigenvalue weighted by Crippen LogP contribution is 2.27. The number of nitrogens with one attached hydrogen (secondary N) is 1. The van der Waals surface area contributed by atoms with E-state index in [1.807, 2.05) is 61.5 Å². The van der Waals surface area contributed by atoms with Gasteiger partial charge in [0.2, 0.25) is 11.8 Å². The second-order valence-corrected chi connectivity index (χ2v) is 5.81. The molecule has 1 atom stereocenters. The molecule has 3 rings (SSSR count). The maximum atomic E-state index is 12.3. The van der Waals surface area contributed by atoms with Gasteiger partial charge in [-0.25, -0.2) is 0 Å². The van der Waals surface area contributed by atoms with Crippen LogP contribution >= 0.6 is 0 Å². The number of nitrogens with zero attached hydrogens (tertiary/aromatic N) is 1. The van der Waals surface area contributed by atoms with Gasteiger partial charge in [0.15, 0.2) is 0 Å². The Hall–Kier alpha value is -2.62. The summed E-state index contributed by atoms with van der Waals surface area (Å²) >= 11 is 0. The summed E-state index contributed by atoms with van der Waals surface area (Å²) in [6, 6.07) is 17.5. The van der Waals surface area contributed by atoms with Crippen LogP contribution in [0.1, 0.15) is 30.5 Å². The second-order valence-electron chi connectivity index (χ2n) is 5.81. The minimum atomic E-state index is -0.147. The van der Waals surface area contributed by atoms with Crippen molar-refractivity contribution in [2.45, 2.75) is 25.8 Å². The molecule has 0 bridgehead atoms. The number of carbonyl (C=O) groups is 2. The van der Waals surface area contributed by atoms with E-state index in [-0.39, 0.29) is 24.4 Å². The molecule has 0 unspecified atom stereocenters. The first-order valence-electron chi connectivity index (χ1n) is 7.88. The van der Waals surface area contributed by atoms with Gasteiger partial charge in [-0.3, -0.25) is 9.59 Å². The normalized spacial score (nSPS) is 15.0. The fourth-order valence-corrected chi connectivity index (χ4v) is 2.93. The molecule has 0 spiro atoms. The Morgan fingerprint density at radius 2 is 1.78 bits per heavy atom. The Kier molecular flexibility index (Phi) is 4.42. The average Bonchev–Trinajstić information content (AvgIpc) is 2.58. The lowest BCUT2D eigenvalue weighted by molar-refractivity contribution is -0.124. The molecule has 0 aromatic heterocycles. The van der Waals surface area contributed by atoms with Crippen molar-refractivity contribution in [3.8, 4) is 0 Å². The topological polar surface area (TPSA) is 49.4 Å². The van der Waals surface area contributed by atoms with Gasteiger partial charge >= 0.3 is 0 Å². The Labute approximate surface area is 136 Å². The van der Waals surface area contributed by atoms with E-state index in [1.54, 1.807) is 4.90 Å². The van der Waals surface area contributed by atoms with Gasteiger partial charge in [0, 0.05) is 12.1 Å². The molecule has 0 fully saturated rings. The average molecular weight is 308 g/mol. The number of aryl methyl sites for hydroxylation is 1. The van der Waals surface area contributed by atoms with E-state index in [4.69, 9.17) is 0 Å². The lowest BCUT2D eigenvalue weighted by Crippen LogP contribution is -2.43. The minimum absolute atomic E-state index is 0.00575. The number of para-hydroxylation sites is 1. The second kappa shape index (κ2) is 6.65. The van der Waals surface area contributed by atoms with Crippen molar-refractivity contribution in [3.63, 3.8) is 0 Å². The van der Waals surface area contributed by atoms with Crippen LogP contribution in [0, 0.1) is 0 Å². The number of benzene rings is 2. The van der Waals surface area contributed by atoms with Crippen molar-refractivity contribution in [3.05, 3.63) is 65.7 Å². The third-order valence-corrected chi connectivity index (χ3v) is 4.17. The predicted octanol–water partition coefficient (Wildman–Crippen LogP) is 2.84. The standard InChI is InChI=1S/C19H20N2O2/c1-14(15-7-3-2-4-8-15)20-18(22)13-21-17-10-6-5-9-16(17)11-12-19(21)23/h2-10,14H,11-13H2,1H3,(H,20,22)/t14-/m0/s1. The monoisotopic (exact) mass is 308 g/mol. The molecule has 0 saturated heterocycles. The van der Waals surface area contributed by atoms with Crippen LogP contribution in [0.2, 0.25) is 0 Å². The maximum Gasteiger partial charge on any atom is 0.240 e. The highest BCUT2D eigenvalue weighted by molar-refractivity contribution is 6.01. The Balaban J connectivity index is 1.69. The Morgan fingerprint density at radius 3 is 2.57 bits per heavy atom. The van der Waals surface area contributed by atoms with Gasteiger partial charge < -0.3 is 10.2 Å². The van der Waals surface area contributed by atoms with Crippen molar-refractivity contribution in [1.82, 2.24) is 5.32 Å². The van der Waals surface area contributed by atoms with Crippen molar-refractivity contribution in [2.75, 3.05) is 11.4 Å². The van der Waals surface area contributed by atoms with E-state index < -0.39 is 0 Å². The first-order chi connectivity index (χ1) is 11.1. The highest BCUT2D eigenvalue weighted by atomic mass is 16.2. The van der Waals surface area contributed by atoms with Gasteiger partial charge in [0.1, 0.15) is 6.54 Å². The summed E-state index contributed by atoms with van der Waals surface area (Å²) < 4.78 is 0. The van der Waals surface area contributed by atoms with Crippen molar-refractivity contribution in [2.24, 2.45) is 0 Å². The number of anilines is 1. The van der Waals surface area contributed by atoms with Crippen LogP contribution in [-0.2, 0) is 16.0 Å². The van der Waals surface area contributed by atoms with E-state index in [1.165, 1.54) is 0 Å². The highest BCUT2D eigenvalue weighted by Gasteiger charge is 2.25. The zero-order valence-corrected chi connectivity index (χ0v) is 13.2. The molecule has 1 heterocycles. The summed E-state index contributed by atoms with van der Waals surface area (Å²) in [5.41, 5.74) is 3.02. The minimum Gasteiger partial charge on any atom is -0.348 e. The van der Waals surface area contributed by atoms with Gasteiger partial charge in [-0.2, -0.15) is 0 Å². The number of carbonyl (C=O) groups excluding carboxylic acids is 2. The fraction of sp³-hybridized carbons (Fsp3) is 0.263. The molecular formula is C19H20N2O2. The van der Waals surface area contributed by atoms with Crippen LogP contribution in [-0.4, -0.2) is 18.4 Å². The lowest BCUT2D eigenvalue weighted by atomic mass is 10.0. The third kappa shape index (κ3) is 3.42. The third-order valence-electron chi connectivity index (χ3n) is 4.17. The summed E-state index contributed by atoms with van der Waals surface area (Å²) in [4.78, 5) is 26.1. The summed E-state index contributed by atoms with van der Waals surface area (Å²) in [5, 5.41) is 2.96. The molecule has 1 N–H and O–H groups in total. The summed E-state index contributed by atoms with van der Waals surface area (Å²) in [6.07, 6.45) is 1.20. The van der Waals surface area contributed by atoms with Crippen LogP contribution in [0.3, 0.4) is 0 Å². The summed E-state index contributed by atoms with van der Waals surface area (Å²) in [5.74, 6) is -0.141. The molecule has 1 aliphatic heterocycles. The van der Waals surface area contributed by atoms with Crippen LogP contribution in [0.15, 0.2) is 54.6 Å². The summed E-state index contributed by atoms with van der Waals surface area (Å²) in [6.45, 7) is 2.01. The molecule has 4 heteroatoms. The van der Waals surface area contributed by atoms with Gasteiger partial charge in [-0.05, 0) is 30.5 Å². The summed E-state index contributed by atoms with van der Waals surface area (Å²) in [7, 11) is 0. The van der Waals surface area contributed by atoms with E-state index in [9.17, 15) is 9.59 Å². The van der Waals surface area contributed by atoms with Crippen LogP contribution in [0.5, 0.6) is 0 Å². The van der Waals surface area contributed by atoms with Crippen LogP contribution in [0.25, 0.3) is 0 Å². The quantitative estimate of drug-likeness (QED) is 0.944. The molecule has 0 aliphatic carbocycles. The van der Waals surface area contributed by atoms with Gasteiger partial charge in [-0.15, -0.1) is 0 Å². The van der Waals surface area contributed by atoms with E-state index >= 15 is 0 Å². The first-order valence-corrected chi connectivity index (χ1v) is 7.88. The zero-order chi connectivity index (χ0) is 16.2. The predicted molar refractivity (Wildman–Crippen MR) is 90.1 cm³/mol. The van der Waals surface area contributed by atoms with Crippen LogP contribution < -0.4 is 10.2 Å². The van der Waals surface area contributed by atoms with Crippen molar-refractivity contribution in [1.29, 1.82) is 0 Å². The number of rotatable bonds is 4. The maximum absolute atomic E-state index is 12.3. The van der Waals surface area contributed by atoms with Gasteiger partial charge in [0.25, 0.3) is 0 Å². The molecular weight excluding hydrogens is 288 g/mol. The Bertz CT molecular complexity index is 712. The van der Waals surface area contributed by atoms with Gasteiger partial charge in [0.05, 0.1) is 6.04 Å². The molecule has 23 heavy (non-hydrogen) atoms. The molecule has 1 aliphatic rings. The molecule has 4 nitrogen and oxygen atoms in total. The molecule has 2 aromatic carbocycles. The van der Waals surface area contributed by atoms with Crippen LogP contribution in [0.4, 0.5) is 5.69 Å². The van der Waals surface area contributed by atoms with E-state index in [0.717, 1.165) is 23.2 Å². The van der Waals surface area contributed by atoms with Gasteiger partial charge in [-0.1, -0.05) is 48.5 Å². The van der Waals surface area contributed by atoms with E-state index in [0.29, 0.717) is 6.42 Å². The zero-order valence-electron chi connectivity index (χ0n) is 13.2. The molecule has 118 valence electrons. The number of hydrogen-bond acceptors (Lipinski definition) is 2. The lowest BCUT2D eigenvalue weighted by Gasteiger charge is -2.29. The largest absolute Gasteiger partial charge is 0.348 e. The molecule has 2 amide bonds. The fourth-order valence-electron chi connectivity index (χ4n) is 2.93. The van der Waals surface area contributed by atoms with Crippen molar-refractivity contribution >= 4 is 17.5 Å². The Morgan fingerprint density at radius 1 is 1.09 bits per heavy atom. The SMILES string of the molecule is C[C@H](NC(=O)CN1C(=O)CCc2ccccc21)c1ccccc1. The number of hydrogen-bond donors (Lipinski definition) is 1. The molecule has 0 radical (unpaired) electrons. The van der Waals surface area contributed by atoms with Crippen molar-refractivity contribution < 1.29 is 9.59 Å². The molecule has 2 aromatic rings. The van der Waals surface area contributed by atoms with E-state index in [2.05, 4.69) is 5.32 Å². The number of amides is 2. The smallest absolute Gasteiger partial charge is 0.240 e. The molecule has 0 saturated carbocycles.